The lowest BCUT2D eigenvalue weighted by atomic mass is 9.93. The third kappa shape index (κ3) is 7.99. The van der Waals surface area contributed by atoms with Crippen molar-refractivity contribution in [2.45, 2.75) is 17.7 Å². The first kappa shape index (κ1) is 35.5. The molecular formula is C30H26N4O9S3. The number of rotatable bonds is 3. The van der Waals surface area contributed by atoms with Gasteiger partial charge < -0.3 is 11.1 Å². The van der Waals surface area contributed by atoms with Gasteiger partial charge in [0.05, 0.1) is 20.8 Å². The third-order valence-electron chi connectivity index (χ3n) is 6.66. The number of allylic oxidation sites excluding steroid dienone is 5. The molecule has 0 saturated heterocycles. The van der Waals surface area contributed by atoms with Gasteiger partial charge in [0.25, 0.3) is 5.78 Å². The zero-order valence-corrected chi connectivity index (χ0v) is 27.1. The van der Waals surface area contributed by atoms with Gasteiger partial charge in [0.1, 0.15) is 0 Å². The Morgan fingerprint density at radius 1 is 0.652 bits per heavy atom. The zero-order chi connectivity index (χ0) is 34.6. The summed E-state index contributed by atoms with van der Waals surface area (Å²) in [4.78, 5) is 40.4. The average molecular weight is 683 g/mol. The second-order valence-corrected chi connectivity index (χ2v) is 16.1. The highest BCUT2D eigenvalue weighted by Crippen LogP contribution is 2.29. The van der Waals surface area contributed by atoms with Crippen molar-refractivity contribution in [1.82, 2.24) is 0 Å². The summed E-state index contributed by atoms with van der Waals surface area (Å²) >= 11 is 0. The van der Waals surface area contributed by atoms with E-state index in [1.807, 2.05) is 0 Å². The van der Waals surface area contributed by atoms with Crippen molar-refractivity contribution >= 4 is 69.3 Å². The van der Waals surface area contributed by atoms with E-state index < -0.39 is 35.3 Å². The fraction of sp³-hybridized carbons (Fsp3) is 0.167. The van der Waals surface area contributed by atoms with Gasteiger partial charge in [0, 0.05) is 59.1 Å². The molecule has 0 aliphatic heterocycles. The molecule has 0 spiro atoms. The van der Waals surface area contributed by atoms with E-state index in [-0.39, 0.29) is 56.1 Å². The van der Waals surface area contributed by atoms with Gasteiger partial charge >= 0.3 is 11.4 Å². The van der Waals surface area contributed by atoms with Crippen molar-refractivity contribution in [3.05, 3.63) is 111 Å². The highest BCUT2D eigenvalue weighted by atomic mass is 32.2. The summed E-state index contributed by atoms with van der Waals surface area (Å²) in [6.07, 6.45) is 8.86. The summed E-state index contributed by atoms with van der Waals surface area (Å²) in [6, 6.07) is 11.0. The minimum atomic E-state index is -3.49. The molecule has 5 rings (SSSR count). The van der Waals surface area contributed by atoms with Gasteiger partial charge in [-0.05, 0) is 12.5 Å². The molecular weight excluding hydrogens is 657 g/mol. The Balaban J connectivity index is 0.000000190. The van der Waals surface area contributed by atoms with Gasteiger partial charge in [-0.2, -0.15) is 9.58 Å². The molecule has 0 N–H and O–H groups in total. The lowest BCUT2D eigenvalue weighted by Gasteiger charge is -2.13. The van der Waals surface area contributed by atoms with Crippen LogP contribution in [0.3, 0.4) is 0 Å². The maximum absolute atomic E-state index is 11.8. The number of ketones is 3. The maximum Gasteiger partial charge on any atom is 0.364 e. The molecule has 0 atom stereocenters. The summed E-state index contributed by atoms with van der Waals surface area (Å²) in [5.41, 5.74) is 18.4. The molecule has 0 radical (unpaired) electrons. The van der Waals surface area contributed by atoms with Crippen molar-refractivity contribution < 1.29 is 49.2 Å². The molecule has 3 aliphatic carbocycles. The van der Waals surface area contributed by atoms with Gasteiger partial charge in [-0.25, -0.2) is 25.3 Å². The van der Waals surface area contributed by atoms with E-state index in [9.17, 15) is 39.6 Å². The fourth-order valence-electron chi connectivity index (χ4n) is 4.40. The molecule has 2 aromatic carbocycles. The Morgan fingerprint density at radius 3 is 1.78 bits per heavy atom. The van der Waals surface area contributed by atoms with Crippen molar-refractivity contribution in [3.8, 4) is 0 Å². The number of benzene rings is 2. The first-order chi connectivity index (χ1) is 21.3. The van der Waals surface area contributed by atoms with Crippen LogP contribution in [-0.2, 0) is 34.3 Å². The molecule has 0 aromatic heterocycles. The number of carbonyl (C=O) groups is 3. The Kier molecular flexibility index (Phi) is 10.5. The number of nitrogens with zero attached hydrogens (tertiary/aromatic N) is 4. The SMILES string of the molecule is C=C1C=Cc2c(cccc2S(C)(=O)=O)C1=O.CS(=O)(=O)C1=CC(=[N+]=[N-])C(=O)CC1.CS(=O)(=O)C1=CC(=[N+]=[N-])C(=O)c2ccccc21. The Hall–Kier alpha value is -4.98. The third-order valence-corrected chi connectivity index (χ3v) is 10.2. The van der Waals surface area contributed by atoms with Crippen LogP contribution in [0.5, 0.6) is 0 Å². The van der Waals surface area contributed by atoms with Crippen LogP contribution in [0.15, 0.2) is 82.6 Å². The minimum Gasteiger partial charge on any atom is -0.361 e. The Labute approximate surface area is 265 Å². The van der Waals surface area contributed by atoms with E-state index >= 15 is 0 Å². The van der Waals surface area contributed by atoms with E-state index in [1.165, 1.54) is 12.1 Å². The summed E-state index contributed by atoms with van der Waals surface area (Å²) in [5, 5.41) is 0. The quantitative estimate of drug-likeness (QED) is 0.263. The topological polar surface area (TPSA) is 226 Å². The van der Waals surface area contributed by atoms with E-state index in [2.05, 4.69) is 16.2 Å². The van der Waals surface area contributed by atoms with Crippen LogP contribution in [0, 0.1) is 0 Å². The number of sulfone groups is 3. The molecule has 0 bridgehead atoms. The predicted octanol–water partition coefficient (Wildman–Crippen LogP) is 2.74. The van der Waals surface area contributed by atoms with Crippen molar-refractivity contribution in [1.29, 1.82) is 0 Å². The normalized spacial score (nSPS) is 15.9. The second kappa shape index (κ2) is 13.6. The van der Waals surface area contributed by atoms with Crippen LogP contribution >= 0.6 is 0 Å². The summed E-state index contributed by atoms with van der Waals surface area (Å²) in [5.74, 6) is -1.05. The molecule has 46 heavy (non-hydrogen) atoms. The minimum absolute atomic E-state index is 0.0134. The number of hydrogen-bond acceptors (Lipinski definition) is 9. The highest BCUT2D eigenvalue weighted by molar-refractivity contribution is 8.00. The Morgan fingerprint density at radius 2 is 1.24 bits per heavy atom. The first-order valence-electron chi connectivity index (χ1n) is 13.0. The molecule has 2 aromatic rings. The molecule has 0 amide bonds. The second-order valence-electron chi connectivity index (χ2n) is 10.1. The molecule has 0 saturated carbocycles. The first-order valence-corrected chi connectivity index (χ1v) is 18.7. The van der Waals surface area contributed by atoms with Crippen LogP contribution in [-0.4, -0.2) is 82.4 Å². The molecule has 3 aliphatic rings. The van der Waals surface area contributed by atoms with Crippen LogP contribution in [0.1, 0.15) is 44.7 Å². The standard InChI is InChI=1S/C12H10O3S.C11H8N2O3S.C7H8N2O3S/c1-8-6-7-9-10(12(8)13)4-3-5-11(9)16(2,14)15;1-17(15,16)10-6-9(13-12)11(14)8-5-3-2-4-7(8)10;1-13(11,12)5-2-3-7(10)6(4-5)9-8/h3-7H,1H2,2H3;2-6H,1H3;4H,2-3H2,1H3. The zero-order valence-electron chi connectivity index (χ0n) is 24.7. The van der Waals surface area contributed by atoms with Gasteiger partial charge in [-0.15, -0.1) is 0 Å². The van der Waals surface area contributed by atoms with Crippen LogP contribution < -0.4 is 0 Å². The predicted molar refractivity (Wildman–Crippen MR) is 170 cm³/mol. The molecule has 16 heteroatoms. The fourth-order valence-corrected chi connectivity index (χ4v) is 7.00. The summed E-state index contributed by atoms with van der Waals surface area (Å²) in [6.45, 7) is 3.60. The van der Waals surface area contributed by atoms with Gasteiger partial charge in [0.15, 0.2) is 35.3 Å². The van der Waals surface area contributed by atoms with Crippen molar-refractivity contribution in [2.75, 3.05) is 18.8 Å². The van der Waals surface area contributed by atoms with Gasteiger partial charge in [0.2, 0.25) is 5.78 Å². The number of Topliss-reactive ketones (excluding diaryl/α,β-unsaturated/α-hetero) is 3. The van der Waals surface area contributed by atoms with E-state index in [0.717, 1.165) is 30.9 Å². The van der Waals surface area contributed by atoms with Crippen LogP contribution in [0.2, 0.25) is 0 Å². The molecule has 0 fully saturated rings. The van der Waals surface area contributed by atoms with Gasteiger partial charge in [-0.3, -0.25) is 14.4 Å². The van der Waals surface area contributed by atoms with Crippen molar-refractivity contribution in [2.24, 2.45) is 0 Å². The van der Waals surface area contributed by atoms with Gasteiger partial charge in [-0.1, -0.05) is 55.1 Å². The maximum atomic E-state index is 11.8. The van der Waals surface area contributed by atoms with E-state index in [1.54, 1.807) is 42.5 Å². The lowest BCUT2D eigenvalue weighted by Crippen LogP contribution is -2.22. The molecule has 0 heterocycles. The molecule has 13 nitrogen and oxygen atoms in total. The summed E-state index contributed by atoms with van der Waals surface area (Å²) in [7, 11) is -10.1. The average Bonchev–Trinajstić information content (AvgIpc) is 2.98. The van der Waals surface area contributed by atoms with Crippen LogP contribution in [0.25, 0.3) is 22.0 Å². The van der Waals surface area contributed by atoms with E-state index in [4.69, 9.17) is 11.1 Å². The smallest absolute Gasteiger partial charge is 0.361 e. The Bertz CT molecular complexity index is 2250. The highest BCUT2D eigenvalue weighted by Gasteiger charge is 2.33. The lowest BCUT2D eigenvalue weighted by molar-refractivity contribution is -0.117. The molecule has 0 unspecified atom stereocenters. The van der Waals surface area contributed by atoms with Crippen LogP contribution in [0.4, 0.5) is 0 Å². The molecule has 238 valence electrons. The summed E-state index contributed by atoms with van der Waals surface area (Å²) < 4.78 is 68.3. The largest absolute Gasteiger partial charge is 0.364 e. The van der Waals surface area contributed by atoms with E-state index in [0.29, 0.717) is 22.3 Å². The number of hydrogen-bond donors (Lipinski definition) is 0. The number of fused-ring (bicyclic) bond motifs is 2. The monoisotopic (exact) mass is 682 g/mol. The van der Waals surface area contributed by atoms with Crippen molar-refractivity contribution in [3.63, 3.8) is 0 Å². The number of carbonyl (C=O) groups excluding carboxylic acids is 3.